The van der Waals surface area contributed by atoms with E-state index in [0.29, 0.717) is 0 Å². The van der Waals surface area contributed by atoms with Gasteiger partial charge in [0, 0.05) is 0 Å². The second-order valence-electron chi connectivity index (χ2n) is 3.82. The predicted octanol–water partition coefficient (Wildman–Crippen LogP) is 2.11. The molecular formula is C11H26N2. The molecule has 2 heteroatoms. The summed E-state index contributed by atoms with van der Waals surface area (Å²) >= 11 is 0. The van der Waals surface area contributed by atoms with E-state index in [1.54, 1.807) is 0 Å². The first kappa shape index (κ1) is 12.9. The van der Waals surface area contributed by atoms with Crippen LogP contribution in [-0.2, 0) is 0 Å². The van der Waals surface area contributed by atoms with Crippen molar-refractivity contribution >= 4 is 0 Å². The van der Waals surface area contributed by atoms with Crippen LogP contribution in [0.4, 0.5) is 0 Å². The van der Waals surface area contributed by atoms with Crippen molar-refractivity contribution in [1.82, 2.24) is 10.2 Å². The van der Waals surface area contributed by atoms with E-state index in [1.165, 1.54) is 51.7 Å². The normalized spacial score (nSPS) is 11.1. The van der Waals surface area contributed by atoms with Gasteiger partial charge < -0.3 is 10.2 Å². The highest BCUT2D eigenvalue weighted by Crippen LogP contribution is 2.00. The van der Waals surface area contributed by atoms with Crippen molar-refractivity contribution in [3.05, 3.63) is 0 Å². The molecule has 13 heavy (non-hydrogen) atoms. The van der Waals surface area contributed by atoms with Crippen molar-refractivity contribution < 1.29 is 0 Å². The molecule has 0 spiro atoms. The lowest BCUT2D eigenvalue weighted by Gasteiger charge is -2.14. The molecule has 0 saturated carbocycles. The molecule has 0 unspecified atom stereocenters. The molecule has 0 rings (SSSR count). The van der Waals surface area contributed by atoms with Gasteiger partial charge in [-0.1, -0.05) is 19.8 Å². The van der Waals surface area contributed by atoms with E-state index in [1.807, 2.05) is 7.05 Å². The van der Waals surface area contributed by atoms with Gasteiger partial charge in [0.2, 0.25) is 0 Å². The Morgan fingerprint density at radius 2 is 1.69 bits per heavy atom. The van der Waals surface area contributed by atoms with Crippen LogP contribution in [0.5, 0.6) is 0 Å². The fraction of sp³-hybridized carbons (Fsp3) is 1.00. The monoisotopic (exact) mass is 186 g/mol. The maximum absolute atomic E-state index is 3.18. The average molecular weight is 186 g/mol. The number of hydrogen-bond donors (Lipinski definition) is 1. The van der Waals surface area contributed by atoms with Gasteiger partial charge >= 0.3 is 0 Å². The third-order valence-corrected chi connectivity index (χ3v) is 2.32. The summed E-state index contributed by atoms with van der Waals surface area (Å²) in [7, 11) is 4.24. The summed E-state index contributed by atoms with van der Waals surface area (Å²) in [4.78, 5) is 2.43. The third kappa shape index (κ3) is 9.84. The standard InChI is InChI=1S/C11H26N2/c1-4-10-13(3)11-8-6-5-7-9-12-2/h12H,4-11H2,1-3H3. The maximum Gasteiger partial charge on any atom is -0.00218 e. The van der Waals surface area contributed by atoms with Crippen LogP contribution in [-0.4, -0.2) is 38.6 Å². The van der Waals surface area contributed by atoms with E-state index < -0.39 is 0 Å². The van der Waals surface area contributed by atoms with Crippen molar-refractivity contribution in [2.75, 3.05) is 33.7 Å². The molecular weight excluding hydrogens is 160 g/mol. The van der Waals surface area contributed by atoms with E-state index in [4.69, 9.17) is 0 Å². The average Bonchev–Trinajstić information content (AvgIpc) is 2.11. The fourth-order valence-corrected chi connectivity index (χ4v) is 1.53. The zero-order chi connectivity index (χ0) is 9.94. The number of hydrogen-bond acceptors (Lipinski definition) is 2. The molecule has 0 aliphatic heterocycles. The van der Waals surface area contributed by atoms with Crippen LogP contribution in [0.2, 0.25) is 0 Å². The van der Waals surface area contributed by atoms with Crippen LogP contribution < -0.4 is 5.32 Å². The van der Waals surface area contributed by atoms with Crippen molar-refractivity contribution in [1.29, 1.82) is 0 Å². The van der Waals surface area contributed by atoms with Gasteiger partial charge in [-0.05, 0) is 53.0 Å². The summed E-state index contributed by atoms with van der Waals surface area (Å²) in [6, 6.07) is 0. The molecule has 0 saturated heterocycles. The van der Waals surface area contributed by atoms with E-state index in [0.717, 1.165) is 0 Å². The van der Waals surface area contributed by atoms with Crippen LogP contribution in [0.25, 0.3) is 0 Å². The Kier molecular flexibility index (Phi) is 9.94. The van der Waals surface area contributed by atoms with E-state index >= 15 is 0 Å². The highest BCUT2D eigenvalue weighted by Gasteiger charge is 1.95. The summed E-state index contributed by atoms with van der Waals surface area (Å²) in [5.41, 5.74) is 0. The summed E-state index contributed by atoms with van der Waals surface area (Å²) in [6.45, 7) is 5.93. The van der Waals surface area contributed by atoms with Crippen molar-refractivity contribution in [3.8, 4) is 0 Å². The zero-order valence-electron chi connectivity index (χ0n) is 9.60. The van der Waals surface area contributed by atoms with Gasteiger partial charge in [0.25, 0.3) is 0 Å². The van der Waals surface area contributed by atoms with Crippen LogP contribution in [0, 0.1) is 0 Å². The molecule has 0 aliphatic carbocycles. The summed E-state index contributed by atoms with van der Waals surface area (Å²) in [5, 5.41) is 3.18. The van der Waals surface area contributed by atoms with Gasteiger partial charge in [-0.15, -0.1) is 0 Å². The second kappa shape index (κ2) is 10.0. The largest absolute Gasteiger partial charge is 0.320 e. The lowest BCUT2D eigenvalue weighted by Crippen LogP contribution is -2.20. The van der Waals surface area contributed by atoms with Crippen LogP contribution in [0.3, 0.4) is 0 Å². The Hall–Kier alpha value is -0.0800. The lowest BCUT2D eigenvalue weighted by atomic mass is 10.2. The van der Waals surface area contributed by atoms with Crippen LogP contribution >= 0.6 is 0 Å². The molecule has 0 aromatic heterocycles. The van der Waals surface area contributed by atoms with Gasteiger partial charge in [-0.2, -0.15) is 0 Å². The molecule has 80 valence electrons. The molecule has 0 fully saturated rings. The van der Waals surface area contributed by atoms with Gasteiger partial charge in [0.15, 0.2) is 0 Å². The van der Waals surface area contributed by atoms with Crippen molar-refractivity contribution in [2.45, 2.75) is 39.0 Å². The molecule has 0 radical (unpaired) electrons. The third-order valence-electron chi connectivity index (χ3n) is 2.32. The second-order valence-corrected chi connectivity index (χ2v) is 3.82. The maximum atomic E-state index is 3.18. The van der Waals surface area contributed by atoms with Crippen LogP contribution in [0.1, 0.15) is 39.0 Å². The first-order valence-electron chi connectivity index (χ1n) is 5.64. The SMILES string of the molecule is CCCN(C)CCCCCCNC. The van der Waals surface area contributed by atoms with Gasteiger partial charge in [0.1, 0.15) is 0 Å². The first-order valence-corrected chi connectivity index (χ1v) is 5.64. The molecule has 0 aromatic rings. The minimum atomic E-state index is 1.17. The molecule has 0 amide bonds. The van der Waals surface area contributed by atoms with E-state index in [9.17, 15) is 0 Å². The number of nitrogens with zero attached hydrogens (tertiary/aromatic N) is 1. The molecule has 0 bridgehead atoms. The summed E-state index contributed by atoms with van der Waals surface area (Å²) in [6.07, 6.45) is 6.72. The Morgan fingerprint density at radius 3 is 2.31 bits per heavy atom. The highest BCUT2D eigenvalue weighted by molar-refractivity contribution is 4.51. The van der Waals surface area contributed by atoms with Crippen molar-refractivity contribution in [3.63, 3.8) is 0 Å². The quantitative estimate of drug-likeness (QED) is 0.555. The topological polar surface area (TPSA) is 15.3 Å². The first-order chi connectivity index (χ1) is 6.31. The number of rotatable bonds is 9. The Morgan fingerprint density at radius 1 is 1.00 bits per heavy atom. The minimum Gasteiger partial charge on any atom is -0.320 e. The summed E-state index contributed by atoms with van der Waals surface area (Å²) < 4.78 is 0. The zero-order valence-corrected chi connectivity index (χ0v) is 9.60. The van der Waals surface area contributed by atoms with E-state index in [2.05, 4.69) is 24.2 Å². The van der Waals surface area contributed by atoms with Gasteiger partial charge in [-0.25, -0.2) is 0 Å². The molecule has 0 aromatic carbocycles. The van der Waals surface area contributed by atoms with Gasteiger partial charge in [0.05, 0.1) is 0 Å². The lowest BCUT2D eigenvalue weighted by molar-refractivity contribution is 0.324. The minimum absolute atomic E-state index is 1.17. The number of nitrogens with one attached hydrogen (secondary N) is 1. The van der Waals surface area contributed by atoms with Gasteiger partial charge in [-0.3, -0.25) is 0 Å². The molecule has 0 heterocycles. The van der Waals surface area contributed by atoms with E-state index in [-0.39, 0.29) is 0 Å². The molecule has 0 aliphatic rings. The highest BCUT2D eigenvalue weighted by atomic mass is 15.1. The predicted molar refractivity (Wildman–Crippen MR) is 60.2 cm³/mol. The number of unbranched alkanes of at least 4 members (excludes halogenated alkanes) is 3. The fourth-order valence-electron chi connectivity index (χ4n) is 1.53. The van der Waals surface area contributed by atoms with Crippen molar-refractivity contribution in [2.24, 2.45) is 0 Å². The summed E-state index contributed by atoms with van der Waals surface area (Å²) in [5.74, 6) is 0. The molecule has 0 atom stereocenters. The smallest absolute Gasteiger partial charge is 0.00218 e. The Labute approximate surface area is 83.7 Å². The Bertz CT molecular complexity index is 94.1. The Balaban J connectivity index is 2.97. The van der Waals surface area contributed by atoms with Crippen LogP contribution in [0.15, 0.2) is 0 Å². The molecule has 1 N–H and O–H groups in total. The molecule has 2 nitrogen and oxygen atoms in total.